The maximum absolute atomic E-state index is 12.4. The first-order valence-electron chi connectivity index (χ1n) is 26.4. The number of esters is 1. The Kier molecular flexibility index (Phi) is 48.1. The SMILES string of the molecule is CCCCCCC/C=C\CCCCCCCC(=O)OCCCCCCCCCCCCCCCCCCCC(=O)NC(CO)C(O)CCCCCCCCCCCCC. The molecule has 6 heteroatoms. The number of carbonyl (C=O) groups is 2. The van der Waals surface area contributed by atoms with Crippen LogP contribution in [0.1, 0.15) is 290 Å². The van der Waals surface area contributed by atoms with Gasteiger partial charge in [0.1, 0.15) is 0 Å². The maximum atomic E-state index is 12.4. The van der Waals surface area contributed by atoms with Gasteiger partial charge in [0.25, 0.3) is 0 Å². The van der Waals surface area contributed by atoms with Crippen LogP contribution in [0.25, 0.3) is 0 Å². The number of unbranched alkanes of at least 4 members (excludes halogenated alkanes) is 36. The van der Waals surface area contributed by atoms with Gasteiger partial charge in [-0.2, -0.15) is 0 Å². The average Bonchev–Trinajstić information content (AvgIpc) is 3.24. The normalized spacial score (nSPS) is 12.7. The summed E-state index contributed by atoms with van der Waals surface area (Å²) >= 11 is 0. The number of ether oxygens (including phenoxy) is 1. The minimum atomic E-state index is -0.665. The lowest BCUT2D eigenvalue weighted by Gasteiger charge is -2.22. The zero-order chi connectivity index (χ0) is 43.0. The van der Waals surface area contributed by atoms with Crippen LogP contribution in [0, 0.1) is 0 Å². The molecule has 0 rings (SSSR count). The van der Waals surface area contributed by atoms with E-state index in [-0.39, 0.29) is 18.5 Å². The molecule has 2 unspecified atom stereocenters. The maximum Gasteiger partial charge on any atom is 0.305 e. The van der Waals surface area contributed by atoms with E-state index < -0.39 is 12.1 Å². The zero-order valence-electron chi connectivity index (χ0n) is 39.7. The van der Waals surface area contributed by atoms with Crippen LogP contribution in [0.2, 0.25) is 0 Å². The van der Waals surface area contributed by atoms with E-state index >= 15 is 0 Å². The van der Waals surface area contributed by atoms with E-state index in [4.69, 9.17) is 4.74 Å². The highest BCUT2D eigenvalue weighted by Crippen LogP contribution is 2.17. The molecule has 0 aromatic heterocycles. The summed E-state index contributed by atoms with van der Waals surface area (Å²) in [6, 6.07) is -0.543. The molecule has 0 aromatic carbocycles. The molecule has 0 saturated carbocycles. The summed E-state index contributed by atoms with van der Waals surface area (Å²) in [5.41, 5.74) is 0. The van der Waals surface area contributed by atoms with E-state index in [1.54, 1.807) is 0 Å². The summed E-state index contributed by atoms with van der Waals surface area (Å²) in [4.78, 5) is 24.4. The predicted molar refractivity (Wildman–Crippen MR) is 255 cm³/mol. The lowest BCUT2D eigenvalue weighted by molar-refractivity contribution is -0.143. The topological polar surface area (TPSA) is 95.9 Å². The van der Waals surface area contributed by atoms with E-state index in [1.165, 1.54) is 212 Å². The first-order chi connectivity index (χ1) is 29.0. The van der Waals surface area contributed by atoms with Crippen LogP contribution in [0.3, 0.4) is 0 Å². The third kappa shape index (κ3) is 45.9. The number of carbonyl (C=O) groups excluding carboxylic acids is 2. The van der Waals surface area contributed by atoms with Gasteiger partial charge in [0.05, 0.1) is 25.4 Å². The predicted octanol–water partition coefficient (Wildman–Crippen LogP) is 15.7. The fraction of sp³-hybridized carbons (Fsp3) is 0.925. The highest BCUT2D eigenvalue weighted by molar-refractivity contribution is 5.76. The molecule has 3 N–H and O–H groups in total. The second kappa shape index (κ2) is 49.3. The van der Waals surface area contributed by atoms with Crippen LogP contribution >= 0.6 is 0 Å². The summed E-state index contributed by atoms with van der Waals surface area (Å²) in [6.45, 7) is 4.92. The summed E-state index contributed by atoms with van der Waals surface area (Å²) in [5, 5.41) is 23.1. The Balaban J connectivity index is 3.40. The van der Waals surface area contributed by atoms with E-state index in [0.29, 0.717) is 25.9 Å². The molecule has 0 aliphatic heterocycles. The monoisotopic (exact) mass is 834 g/mol. The van der Waals surface area contributed by atoms with Crippen molar-refractivity contribution in [2.75, 3.05) is 13.2 Å². The minimum Gasteiger partial charge on any atom is -0.466 e. The molecule has 350 valence electrons. The van der Waals surface area contributed by atoms with Crippen LogP contribution in [-0.2, 0) is 14.3 Å². The van der Waals surface area contributed by atoms with Crippen molar-refractivity contribution in [3.05, 3.63) is 12.2 Å². The Bertz CT molecular complexity index is 878. The van der Waals surface area contributed by atoms with Crippen molar-refractivity contribution < 1.29 is 24.5 Å². The quantitative estimate of drug-likeness (QED) is 0.0322. The molecule has 0 saturated heterocycles. The van der Waals surface area contributed by atoms with Gasteiger partial charge in [0.2, 0.25) is 5.91 Å². The van der Waals surface area contributed by atoms with Crippen LogP contribution in [0.4, 0.5) is 0 Å². The fourth-order valence-electron chi connectivity index (χ4n) is 8.22. The number of nitrogens with one attached hydrogen (secondary N) is 1. The smallest absolute Gasteiger partial charge is 0.305 e. The molecule has 1 amide bonds. The molecule has 0 fully saturated rings. The average molecular weight is 834 g/mol. The van der Waals surface area contributed by atoms with E-state index in [1.807, 2.05) is 0 Å². The molecule has 0 radical (unpaired) electrons. The Morgan fingerprint density at radius 2 is 0.797 bits per heavy atom. The Labute approximate surface area is 368 Å². The van der Waals surface area contributed by atoms with Crippen molar-refractivity contribution in [2.24, 2.45) is 0 Å². The molecule has 0 spiro atoms. The van der Waals surface area contributed by atoms with Gasteiger partial charge in [-0.3, -0.25) is 9.59 Å². The second-order valence-corrected chi connectivity index (χ2v) is 18.2. The van der Waals surface area contributed by atoms with Crippen molar-refractivity contribution in [3.63, 3.8) is 0 Å². The Morgan fingerprint density at radius 1 is 0.458 bits per heavy atom. The molecule has 59 heavy (non-hydrogen) atoms. The number of hydrogen-bond acceptors (Lipinski definition) is 5. The van der Waals surface area contributed by atoms with Crippen LogP contribution in [0.5, 0.6) is 0 Å². The highest BCUT2D eigenvalue weighted by atomic mass is 16.5. The summed E-state index contributed by atoms with van der Waals surface area (Å²) in [6.07, 6.45) is 56.1. The number of allylic oxidation sites excluding steroid dienone is 2. The van der Waals surface area contributed by atoms with Crippen molar-refractivity contribution in [1.82, 2.24) is 5.32 Å². The van der Waals surface area contributed by atoms with Crippen LogP contribution in [0.15, 0.2) is 12.2 Å². The molecular formula is C53H103NO5. The minimum absolute atomic E-state index is 0.00310. The lowest BCUT2D eigenvalue weighted by Crippen LogP contribution is -2.45. The standard InChI is InChI=1S/C53H103NO5/c1-3-5-7-9-11-13-15-16-23-27-31-35-39-43-47-53(58)59-48-44-40-36-32-28-24-21-19-17-18-20-22-26-30-34-38-42-46-52(57)54-50(49-55)51(56)45-41-37-33-29-25-14-12-10-8-6-4-2/h15-16,50-51,55-56H,3-14,17-49H2,1-2H3,(H,54,57)/b16-15-. The van der Waals surface area contributed by atoms with Gasteiger partial charge >= 0.3 is 5.97 Å². The highest BCUT2D eigenvalue weighted by Gasteiger charge is 2.20. The van der Waals surface area contributed by atoms with Gasteiger partial charge in [-0.15, -0.1) is 0 Å². The summed E-state index contributed by atoms with van der Waals surface area (Å²) in [5.74, 6) is -0.0441. The molecule has 6 nitrogen and oxygen atoms in total. The third-order valence-corrected chi connectivity index (χ3v) is 12.3. The number of aliphatic hydroxyl groups is 2. The lowest BCUT2D eigenvalue weighted by atomic mass is 10.0. The van der Waals surface area contributed by atoms with Gasteiger partial charge in [-0.05, 0) is 51.4 Å². The number of rotatable bonds is 49. The molecular weight excluding hydrogens is 731 g/mol. The molecule has 0 aliphatic carbocycles. The first-order valence-corrected chi connectivity index (χ1v) is 26.4. The van der Waals surface area contributed by atoms with Crippen molar-refractivity contribution in [3.8, 4) is 0 Å². The Hall–Kier alpha value is -1.40. The van der Waals surface area contributed by atoms with Crippen LogP contribution < -0.4 is 5.32 Å². The van der Waals surface area contributed by atoms with Gasteiger partial charge in [-0.25, -0.2) is 0 Å². The van der Waals surface area contributed by atoms with Gasteiger partial charge < -0.3 is 20.3 Å². The van der Waals surface area contributed by atoms with Crippen molar-refractivity contribution in [1.29, 1.82) is 0 Å². The fourth-order valence-corrected chi connectivity index (χ4v) is 8.22. The largest absolute Gasteiger partial charge is 0.466 e. The van der Waals surface area contributed by atoms with Gasteiger partial charge in [-0.1, -0.05) is 238 Å². The molecule has 0 heterocycles. The van der Waals surface area contributed by atoms with Crippen LogP contribution in [-0.4, -0.2) is 47.4 Å². The number of aliphatic hydroxyl groups excluding tert-OH is 2. The van der Waals surface area contributed by atoms with E-state index in [9.17, 15) is 19.8 Å². The first kappa shape index (κ1) is 57.6. The zero-order valence-corrected chi connectivity index (χ0v) is 39.7. The van der Waals surface area contributed by atoms with E-state index in [0.717, 1.165) is 44.9 Å². The van der Waals surface area contributed by atoms with Crippen molar-refractivity contribution in [2.45, 2.75) is 302 Å². The molecule has 0 bridgehead atoms. The van der Waals surface area contributed by atoms with Crippen molar-refractivity contribution >= 4 is 11.9 Å². The number of amides is 1. The molecule has 0 aromatic rings. The molecule has 0 aliphatic rings. The van der Waals surface area contributed by atoms with Gasteiger partial charge in [0, 0.05) is 12.8 Å². The van der Waals surface area contributed by atoms with Gasteiger partial charge in [0.15, 0.2) is 0 Å². The summed E-state index contributed by atoms with van der Waals surface area (Å²) in [7, 11) is 0. The third-order valence-electron chi connectivity index (χ3n) is 12.3. The molecule has 2 atom stereocenters. The van der Waals surface area contributed by atoms with E-state index in [2.05, 4.69) is 31.3 Å². The second-order valence-electron chi connectivity index (χ2n) is 18.2. The Morgan fingerprint density at radius 3 is 1.20 bits per heavy atom. The summed E-state index contributed by atoms with van der Waals surface area (Å²) < 4.78 is 5.46. The number of hydrogen-bond donors (Lipinski definition) is 3.